The average molecular weight is 298 g/mol. The Hall–Kier alpha value is -2.56. The Bertz CT molecular complexity index is 614. The summed E-state index contributed by atoms with van der Waals surface area (Å²) in [7, 11) is 0. The van der Waals surface area contributed by atoms with Crippen LogP contribution in [0.25, 0.3) is 0 Å². The molecule has 5 nitrogen and oxygen atoms in total. The number of esters is 1. The highest BCUT2D eigenvalue weighted by molar-refractivity contribution is 5.96. The number of ketones is 1. The molecular weight excluding hydrogens is 280 g/mol. The Labute approximate surface area is 129 Å². The van der Waals surface area contributed by atoms with Gasteiger partial charge in [0, 0.05) is 42.7 Å². The van der Waals surface area contributed by atoms with Gasteiger partial charge in [-0.05, 0) is 30.7 Å². The van der Waals surface area contributed by atoms with Gasteiger partial charge in [-0.3, -0.25) is 19.6 Å². The average Bonchev–Trinajstić information content (AvgIpc) is 2.56. The fourth-order valence-electron chi connectivity index (χ4n) is 2.22. The predicted octanol–water partition coefficient (Wildman–Crippen LogP) is 2.79. The maximum absolute atomic E-state index is 12.4. The Morgan fingerprint density at radius 3 is 2.41 bits per heavy atom. The van der Waals surface area contributed by atoms with E-state index in [4.69, 9.17) is 4.74 Å². The summed E-state index contributed by atoms with van der Waals surface area (Å²) >= 11 is 0. The quantitative estimate of drug-likeness (QED) is 0.580. The highest BCUT2D eigenvalue weighted by Gasteiger charge is 2.21. The van der Waals surface area contributed by atoms with Gasteiger partial charge >= 0.3 is 5.97 Å². The lowest BCUT2D eigenvalue weighted by molar-refractivity contribution is -0.143. The molecule has 2 aromatic heterocycles. The third-order valence-electron chi connectivity index (χ3n) is 3.29. The van der Waals surface area contributed by atoms with E-state index in [0.717, 1.165) is 5.56 Å². The number of carbonyl (C=O) groups excluding carboxylic acids is 2. The molecule has 22 heavy (non-hydrogen) atoms. The Morgan fingerprint density at radius 1 is 1.09 bits per heavy atom. The Balaban J connectivity index is 2.14. The largest absolute Gasteiger partial charge is 0.466 e. The molecule has 1 atom stereocenters. The summed E-state index contributed by atoms with van der Waals surface area (Å²) in [6.07, 6.45) is 6.87. The lowest BCUT2D eigenvalue weighted by atomic mass is 9.90. The summed E-state index contributed by atoms with van der Waals surface area (Å²) < 4.78 is 5.00. The molecule has 0 fully saturated rings. The van der Waals surface area contributed by atoms with Crippen LogP contribution in [-0.4, -0.2) is 28.3 Å². The normalized spacial score (nSPS) is 11.7. The second-order valence-electron chi connectivity index (χ2n) is 4.86. The highest BCUT2D eigenvalue weighted by Crippen LogP contribution is 2.25. The van der Waals surface area contributed by atoms with E-state index in [-0.39, 0.29) is 30.5 Å². The molecule has 0 aromatic carbocycles. The molecule has 5 heteroatoms. The van der Waals surface area contributed by atoms with Gasteiger partial charge in [0.15, 0.2) is 5.78 Å². The summed E-state index contributed by atoms with van der Waals surface area (Å²) in [5.41, 5.74) is 1.40. The van der Waals surface area contributed by atoms with E-state index in [0.29, 0.717) is 12.2 Å². The zero-order chi connectivity index (χ0) is 15.8. The SMILES string of the molecule is CCOC(=O)CC(CC(=O)c1cccnc1)c1cccnc1. The fourth-order valence-corrected chi connectivity index (χ4v) is 2.22. The Kier molecular flexibility index (Phi) is 5.77. The molecule has 0 saturated heterocycles. The van der Waals surface area contributed by atoms with Crippen LogP contribution in [0.1, 0.15) is 41.6 Å². The van der Waals surface area contributed by atoms with Gasteiger partial charge in [-0.15, -0.1) is 0 Å². The summed E-state index contributed by atoms with van der Waals surface area (Å²) in [5, 5.41) is 0. The minimum atomic E-state index is -0.310. The van der Waals surface area contributed by atoms with Gasteiger partial charge in [-0.2, -0.15) is 0 Å². The number of ether oxygens (including phenoxy) is 1. The van der Waals surface area contributed by atoms with Crippen molar-refractivity contribution in [2.75, 3.05) is 6.61 Å². The van der Waals surface area contributed by atoms with Crippen LogP contribution < -0.4 is 0 Å². The minimum absolute atomic E-state index is 0.0498. The van der Waals surface area contributed by atoms with Crippen molar-refractivity contribution in [1.82, 2.24) is 9.97 Å². The van der Waals surface area contributed by atoms with Gasteiger partial charge in [0.1, 0.15) is 0 Å². The molecule has 0 aliphatic carbocycles. The zero-order valence-electron chi connectivity index (χ0n) is 12.4. The van der Waals surface area contributed by atoms with Crippen molar-refractivity contribution in [3.8, 4) is 0 Å². The first-order chi connectivity index (χ1) is 10.7. The third-order valence-corrected chi connectivity index (χ3v) is 3.29. The van der Waals surface area contributed by atoms with E-state index < -0.39 is 0 Å². The molecule has 0 spiro atoms. The molecule has 0 radical (unpaired) electrons. The molecule has 0 N–H and O–H groups in total. The number of hydrogen-bond donors (Lipinski definition) is 0. The van der Waals surface area contributed by atoms with Crippen molar-refractivity contribution in [3.63, 3.8) is 0 Å². The number of Topliss-reactive ketones (excluding diaryl/α,β-unsaturated/α-hetero) is 1. The van der Waals surface area contributed by atoms with Gasteiger partial charge < -0.3 is 4.74 Å². The molecule has 0 amide bonds. The molecule has 0 bridgehead atoms. The second-order valence-corrected chi connectivity index (χ2v) is 4.86. The molecule has 2 aromatic rings. The monoisotopic (exact) mass is 298 g/mol. The zero-order valence-corrected chi connectivity index (χ0v) is 12.4. The predicted molar refractivity (Wildman–Crippen MR) is 81.4 cm³/mol. The maximum Gasteiger partial charge on any atom is 0.306 e. The van der Waals surface area contributed by atoms with E-state index >= 15 is 0 Å². The molecule has 0 aliphatic rings. The van der Waals surface area contributed by atoms with Gasteiger partial charge in [-0.1, -0.05) is 6.07 Å². The van der Waals surface area contributed by atoms with Crippen molar-refractivity contribution in [2.24, 2.45) is 0 Å². The van der Waals surface area contributed by atoms with Gasteiger partial charge in [0.25, 0.3) is 0 Å². The summed E-state index contributed by atoms with van der Waals surface area (Å²) in [4.78, 5) is 32.1. The smallest absolute Gasteiger partial charge is 0.306 e. The summed E-state index contributed by atoms with van der Waals surface area (Å²) in [5.74, 6) is -0.609. The van der Waals surface area contributed by atoms with E-state index in [1.54, 1.807) is 43.7 Å². The standard InChI is InChI=1S/C17H18N2O3/c1-2-22-17(21)10-15(13-5-3-7-18-11-13)9-16(20)14-6-4-8-19-12-14/h3-8,11-12,15H,2,9-10H2,1H3. The van der Waals surface area contributed by atoms with Crippen LogP contribution in [0.2, 0.25) is 0 Å². The molecule has 0 saturated carbocycles. The maximum atomic E-state index is 12.4. The van der Waals surface area contributed by atoms with Crippen LogP contribution >= 0.6 is 0 Å². The number of rotatable bonds is 7. The number of pyridine rings is 2. The van der Waals surface area contributed by atoms with Crippen molar-refractivity contribution in [2.45, 2.75) is 25.7 Å². The van der Waals surface area contributed by atoms with Crippen molar-refractivity contribution in [3.05, 3.63) is 60.2 Å². The molecule has 2 rings (SSSR count). The van der Waals surface area contributed by atoms with Crippen molar-refractivity contribution < 1.29 is 14.3 Å². The van der Waals surface area contributed by atoms with Crippen LogP contribution in [0.5, 0.6) is 0 Å². The molecular formula is C17H18N2O3. The molecule has 2 heterocycles. The molecule has 1 unspecified atom stereocenters. The second kappa shape index (κ2) is 8.02. The van der Waals surface area contributed by atoms with Crippen molar-refractivity contribution in [1.29, 1.82) is 0 Å². The van der Waals surface area contributed by atoms with Gasteiger partial charge in [-0.25, -0.2) is 0 Å². The highest BCUT2D eigenvalue weighted by atomic mass is 16.5. The first-order valence-electron chi connectivity index (χ1n) is 7.19. The minimum Gasteiger partial charge on any atom is -0.466 e. The first kappa shape index (κ1) is 15.8. The van der Waals surface area contributed by atoms with Crippen molar-refractivity contribution >= 4 is 11.8 Å². The van der Waals surface area contributed by atoms with Crippen LogP contribution in [0.15, 0.2) is 49.1 Å². The summed E-state index contributed by atoms with van der Waals surface area (Å²) in [6, 6.07) is 7.10. The van der Waals surface area contributed by atoms with E-state index in [2.05, 4.69) is 9.97 Å². The lowest BCUT2D eigenvalue weighted by Crippen LogP contribution is -2.14. The van der Waals surface area contributed by atoms with E-state index in [1.165, 1.54) is 6.20 Å². The topological polar surface area (TPSA) is 69.2 Å². The van der Waals surface area contributed by atoms with E-state index in [1.807, 2.05) is 6.07 Å². The summed E-state index contributed by atoms with van der Waals surface area (Å²) in [6.45, 7) is 2.09. The number of nitrogens with zero attached hydrogens (tertiary/aromatic N) is 2. The molecule has 0 aliphatic heterocycles. The van der Waals surface area contributed by atoms with Crippen LogP contribution in [0, 0.1) is 0 Å². The fraction of sp³-hybridized carbons (Fsp3) is 0.294. The first-order valence-corrected chi connectivity index (χ1v) is 7.19. The third kappa shape index (κ3) is 4.48. The lowest BCUT2D eigenvalue weighted by Gasteiger charge is -2.15. The van der Waals surface area contributed by atoms with Crippen LogP contribution in [-0.2, 0) is 9.53 Å². The number of hydrogen-bond acceptors (Lipinski definition) is 5. The number of carbonyl (C=O) groups is 2. The number of aromatic nitrogens is 2. The molecule has 114 valence electrons. The van der Waals surface area contributed by atoms with Crippen LogP contribution in [0.3, 0.4) is 0 Å². The van der Waals surface area contributed by atoms with Gasteiger partial charge in [0.2, 0.25) is 0 Å². The Morgan fingerprint density at radius 2 is 1.82 bits per heavy atom. The van der Waals surface area contributed by atoms with Crippen LogP contribution in [0.4, 0.5) is 0 Å². The van der Waals surface area contributed by atoms with Gasteiger partial charge in [0.05, 0.1) is 13.0 Å². The van der Waals surface area contributed by atoms with E-state index in [9.17, 15) is 9.59 Å².